The smallest absolute Gasteiger partial charge is 0.0534 e. The van der Waals surface area contributed by atoms with E-state index in [4.69, 9.17) is 0 Å². The third kappa shape index (κ3) is 3.76. The lowest BCUT2D eigenvalue weighted by Crippen LogP contribution is -2.14. The molecule has 0 fully saturated rings. The summed E-state index contributed by atoms with van der Waals surface area (Å²) in [5.74, 6) is 0. The Hall–Kier alpha value is -5.02. The average Bonchev–Trinajstić information content (AvgIpc) is 3.83. The molecule has 50 heavy (non-hydrogen) atoms. The molecule has 2 heteroatoms. The largest absolute Gasteiger partial charge is 0.134 e. The Morgan fingerprint density at radius 1 is 0.340 bits per heavy atom. The second-order valence-corrected chi connectivity index (χ2v) is 17.4. The molecule has 0 atom stereocenters. The molecule has 0 nitrogen and oxygen atoms in total. The van der Waals surface area contributed by atoms with Gasteiger partial charge in [-0.2, -0.15) is 0 Å². The van der Waals surface area contributed by atoms with E-state index in [9.17, 15) is 0 Å². The monoisotopic (exact) mass is 674 g/mol. The highest BCUT2D eigenvalue weighted by molar-refractivity contribution is 7.33. The zero-order valence-corrected chi connectivity index (χ0v) is 30.2. The lowest BCUT2D eigenvalue weighted by Gasteiger charge is -2.22. The van der Waals surface area contributed by atoms with Crippen molar-refractivity contribution in [1.82, 2.24) is 0 Å². The molecule has 0 bridgehead atoms. The molecule has 0 N–H and O–H groups in total. The van der Waals surface area contributed by atoms with Crippen LogP contribution >= 0.6 is 22.7 Å². The Balaban J connectivity index is 1.00. The molecule has 9 aromatic rings. The van der Waals surface area contributed by atoms with E-state index in [0.29, 0.717) is 0 Å². The first-order valence-corrected chi connectivity index (χ1v) is 19.2. The zero-order chi connectivity index (χ0) is 33.5. The van der Waals surface area contributed by atoms with Gasteiger partial charge in [-0.1, -0.05) is 137 Å². The SMILES string of the molecule is CC1(C)c2ccccc2-c2ccc(-c3ccc4c(c3)sc3c4ccc4c5ccc(-c6ccc7c(c6)C(C)(C)c6ccccc6-7)cc5sc43)cc21. The van der Waals surface area contributed by atoms with E-state index >= 15 is 0 Å². The maximum absolute atomic E-state index is 2.44. The standard InChI is InChI=1S/C48H34S2/c1-47(2)39-11-7-5-9-31(39)33-17-13-27(23-41(33)47)29-15-19-35-37-21-22-38-36-20-16-30(26-44(36)50-46(38)45(37)49-43(35)25-29)28-14-18-34-32-10-6-8-12-40(32)48(3,4)42(34)24-28/h5-26H,1-4H3. The highest BCUT2D eigenvalue weighted by atomic mass is 32.1. The Bertz CT molecular complexity index is 2730. The molecule has 2 aliphatic carbocycles. The second-order valence-electron chi connectivity index (χ2n) is 15.3. The van der Waals surface area contributed by atoms with Gasteiger partial charge in [-0.3, -0.25) is 0 Å². The van der Waals surface area contributed by atoms with Crippen LogP contribution in [-0.4, -0.2) is 0 Å². The summed E-state index contributed by atoms with van der Waals surface area (Å²) in [6.07, 6.45) is 0. The van der Waals surface area contributed by atoms with Crippen LogP contribution in [0.25, 0.3) is 84.9 Å². The summed E-state index contributed by atoms with van der Waals surface area (Å²) in [6.45, 7) is 9.45. The Morgan fingerprint density at radius 2 is 0.700 bits per heavy atom. The lowest BCUT2D eigenvalue weighted by molar-refractivity contribution is 0.660. The Morgan fingerprint density at radius 3 is 1.16 bits per heavy atom. The predicted molar refractivity (Wildman–Crippen MR) is 218 cm³/mol. The molecule has 7 aromatic carbocycles. The highest BCUT2D eigenvalue weighted by Gasteiger charge is 2.36. The second kappa shape index (κ2) is 9.82. The van der Waals surface area contributed by atoms with Gasteiger partial charge in [0, 0.05) is 41.8 Å². The predicted octanol–water partition coefficient (Wildman–Crippen LogP) is 14.4. The van der Waals surface area contributed by atoms with Crippen LogP contribution in [0.3, 0.4) is 0 Å². The van der Waals surface area contributed by atoms with Crippen LogP contribution in [0, 0.1) is 0 Å². The van der Waals surface area contributed by atoms with Crippen LogP contribution in [0.5, 0.6) is 0 Å². The first-order valence-electron chi connectivity index (χ1n) is 17.6. The first-order chi connectivity index (χ1) is 24.3. The summed E-state index contributed by atoms with van der Waals surface area (Å²) in [7, 11) is 0. The van der Waals surface area contributed by atoms with Gasteiger partial charge in [0.05, 0.1) is 9.40 Å². The van der Waals surface area contributed by atoms with Crippen molar-refractivity contribution in [3.05, 3.63) is 156 Å². The quantitative estimate of drug-likeness (QED) is 0.171. The van der Waals surface area contributed by atoms with Crippen LogP contribution in [0.4, 0.5) is 0 Å². The van der Waals surface area contributed by atoms with Crippen molar-refractivity contribution in [1.29, 1.82) is 0 Å². The van der Waals surface area contributed by atoms with Crippen molar-refractivity contribution in [2.24, 2.45) is 0 Å². The van der Waals surface area contributed by atoms with Gasteiger partial charge >= 0.3 is 0 Å². The summed E-state index contributed by atoms with van der Waals surface area (Å²) in [5.41, 5.74) is 16.4. The van der Waals surface area contributed by atoms with E-state index < -0.39 is 0 Å². The van der Waals surface area contributed by atoms with E-state index in [2.05, 4.69) is 161 Å². The minimum atomic E-state index is -0.000709. The molecular weight excluding hydrogens is 641 g/mol. The van der Waals surface area contributed by atoms with Gasteiger partial charge < -0.3 is 0 Å². The van der Waals surface area contributed by atoms with Gasteiger partial charge in [-0.05, 0) is 91.0 Å². The van der Waals surface area contributed by atoms with Crippen molar-refractivity contribution in [2.75, 3.05) is 0 Å². The van der Waals surface area contributed by atoms with Crippen molar-refractivity contribution in [3.8, 4) is 44.5 Å². The summed E-state index contributed by atoms with van der Waals surface area (Å²) < 4.78 is 5.51. The molecule has 2 heterocycles. The van der Waals surface area contributed by atoms with Crippen LogP contribution in [-0.2, 0) is 10.8 Å². The fraction of sp³-hybridized carbons (Fsp3) is 0.125. The third-order valence-corrected chi connectivity index (χ3v) is 14.4. The van der Waals surface area contributed by atoms with Gasteiger partial charge in [0.1, 0.15) is 0 Å². The number of hydrogen-bond acceptors (Lipinski definition) is 2. The summed E-state index contributed by atoms with van der Waals surface area (Å²) in [4.78, 5) is 0. The molecule has 11 rings (SSSR count). The molecule has 0 unspecified atom stereocenters. The molecule has 2 aromatic heterocycles. The van der Waals surface area contributed by atoms with Crippen molar-refractivity contribution >= 4 is 63.0 Å². The lowest BCUT2D eigenvalue weighted by atomic mass is 9.81. The minimum absolute atomic E-state index is 0.000709. The van der Waals surface area contributed by atoms with E-state index in [0.717, 1.165) is 0 Å². The summed E-state index contributed by atoms with van der Waals surface area (Å²) in [5, 5.41) is 5.43. The van der Waals surface area contributed by atoms with Gasteiger partial charge in [-0.15, -0.1) is 22.7 Å². The molecule has 0 saturated carbocycles. The average molecular weight is 675 g/mol. The molecule has 0 amide bonds. The fourth-order valence-corrected chi connectivity index (χ4v) is 11.8. The number of hydrogen-bond donors (Lipinski definition) is 0. The van der Waals surface area contributed by atoms with Crippen LogP contribution in [0.1, 0.15) is 49.9 Å². The molecule has 0 saturated heterocycles. The van der Waals surface area contributed by atoms with Gasteiger partial charge in [-0.25, -0.2) is 0 Å². The van der Waals surface area contributed by atoms with E-state index in [1.807, 2.05) is 22.7 Å². The maximum atomic E-state index is 2.44. The number of rotatable bonds is 2. The van der Waals surface area contributed by atoms with Crippen molar-refractivity contribution in [3.63, 3.8) is 0 Å². The number of thiophene rings is 2. The van der Waals surface area contributed by atoms with Gasteiger partial charge in [0.25, 0.3) is 0 Å². The Labute approximate surface area is 300 Å². The molecule has 2 aliphatic rings. The summed E-state index contributed by atoms with van der Waals surface area (Å²) in [6, 6.07) is 50.9. The molecule has 0 aliphatic heterocycles. The molecule has 0 spiro atoms. The maximum Gasteiger partial charge on any atom is 0.0534 e. The van der Waals surface area contributed by atoms with Gasteiger partial charge in [0.2, 0.25) is 0 Å². The van der Waals surface area contributed by atoms with Crippen molar-refractivity contribution in [2.45, 2.75) is 38.5 Å². The van der Waals surface area contributed by atoms with Gasteiger partial charge in [0.15, 0.2) is 0 Å². The van der Waals surface area contributed by atoms with Crippen LogP contribution in [0.2, 0.25) is 0 Å². The fourth-order valence-electron chi connectivity index (χ4n) is 9.19. The molecular formula is C48H34S2. The molecule has 0 radical (unpaired) electrons. The topological polar surface area (TPSA) is 0 Å². The van der Waals surface area contributed by atoms with E-state index in [-0.39, 0.29) is 10.8 Å². The minimum Gasteiger partial charge on any atom is -0.134 e. The third-order valence-electron chi connectivity index (χ3n) is 11.9. The van der Waals surface area contributed by atoms with E-state index in [1.165, 1.54) is 107 Å². The Kier molecular flexibility index (Phi) is 5.65. The number of benzene rings is 7. The van der Waals surface area contributed by atoms with Crippen LogP contribution < -0.4 is 0 Å². The first kappa shape index (κ1) is 28.8. The van der Waals surface area contributed by atoms with Crippen LogP contribution in [0.15, 0.2) is 133 Å². The highest BCUT2D eigenvalue weighted by Crippen LogP contribution is 2.52. The number of fused-ring (bicyclic) bond motifs is 13. The molecule has 238 valence electrons. The normalized spacial score (nSPS) is 15.1. The zero-order valence-electron chi connectivity index (χ0n) is 28.5. The summed E-state index contributed by atoms with van der Waals surface area (Å²) >= 11 is 3.90. The van der Waals surface area contributed by atoms with E-state index in [1.54, 1.807) is 0 Å². The van der Waals surface area contributed by atoms with Crippen molar-refractivity contribution < 1.29 is 0 Å².